The molecule has 0 fully saturated rings. The predicted octanol–water partition coefficient (Wildman–Crippen LogP) is 10.0. The van der Waals surface area contributed by atoms with Crippen molar-refractivity contribution < 1.29 is 9.59 Å². The van der Waals surface area contributed by atoms with Crippen molar-refractivity contribution >= 4 is 80.9 Å². The van der Waals surface area contributed by atoms with Gasteiger partial charge in [-0.05, 0) is 29.8 Å². The molecule has 0 radical (unpaired) electrons. The van der Waals surface area contributed by atoms with E-state index in [0.717, 1.165) is 20.5 Å². The molecule has 0 atom stereocenters. The van der Waals surface area contributed by atoms with E-state index in [2.05, 4.69) is 104 Å². The maximum absolute atomic E-state index is 14.5. The number of thiophene rings is 2. The maximum Gasteiger partial charge on any atom is 0.204 e. The van der Waals surface area contributed by atoms with E-state index in [4.69, 9.17) is 0 Å². The minimum Gasteiger partial charge on any atom is -0.288 e. The van der Waals surface area contributed by atoms with Gasteiger partial charge < -0.3 is 0 Å². The summed E-state index contributed by atoms with van der Waals surface area (Å²) in [6.45, 7) is 23.5. The number of carbonyl (C=O) groups is 2. The summed E-state index contributed by atoms with van der Waals surface area (Å²) in [5, 5.41) is 4.63. The lowest BCUT2D eigenvalue weighted by Crippen LogP contribution is -2.48. The second-order valence-electron chi connectivity index (χ2n) is 14.6. The summed E-state index contributed by atoms with van der Waals surface area (Å²) in [6, 6.07) is 24.0. The van der Waals surface area contributed by atoms with Crippen LogP contribution in [0.4, 0.5) is 0 Å². The molecular weight excluding hydrogens is 585 g/mol. The topological polar surface area (TPSA) is 34.1 Å². The molecule has 3 aromatic carbocycles. The molecule has 0 saturated carbocycles. The summed E-state index contributed by atoms with van der Waals surface area (Å²) < 4.78 is 2.70. The average Bonchev–Trinajstić information content (AvgIpc) is 3.51. The van der Waals surface area contributed by atoms with Crippen LogP contribution in [0.5, 0.6) is 0 Å². The third kappa shape index (κ3) is 4.90. The van der Waals surface area contributed by atoms with Gasteiger partial charge >= 0.3 is 0 Å². The van der Waals surface area contributed by atoms with E-state index >= 15 is 0 Å². The normalized spacial score (nSPS) is 13.2. The summed E-state index contributed by atoms with van der Waals surface area (Å²) in [5.74, 6) is -0.119. The second kappa shape index (κ2) is 10.5. The van der Waals surface area contributed by atoms with E-state index in [0.29, 0.717) is 11.1 Å². The van der Waals surface area contributed by atoms with Crippen LogP contribution >= 0.6 is 22.7 Å². The van der Waals surface area contributed by atoms with Crippen LogP contribution < -0.4 is 9.00 Å². The molecule has 2 aromatic heterocycles. The first-order valence-electron chi connectivity index (χ1n) is 14.7. The molecule has 2 heterocycles. The number of carbonyl (C=O) groups excluding carboxylic acids is 2. The Labute approximate surface area is 260 Å². The van der Waals surface area contributed by atoms with Crippen molar-refractivity contribution in [2.24, 2.45) is 0 Å². The van der Waals surface area contributed by atoms with Crippen LogP contribution in [-0.2, 0) is 0 Å². The van der Waals surface area contributed by atoms with Gasteiger partial charge in [-0.15, -0.1) is 22.7 Å². The summed E-state index contributed by atoms with van der Waals surface area (Å²) >= 11 is 3.30. The van der Waals surface area contributed by atoms with Crippen LogP contribution in [0.3, 0.4) is 0 Å². The molecule has 0 amide bonds. The third-order valence-electron chi connectivity index (χ3n) is 9.95. The zero-order valence-corrected chi connectivity index (χ0v) is 30.2. The first-order chi connectivity index (χ1) is 19.5. The highest BCUT2D eigenvalue weighted by Crippen LogP contribution is 2.42. The first kappa shape index (κ1) is 30.8. The smallest absolute Gasteiger partial charge is 0.204 e. The van der Waals surface area contributed by atoms with E-state index in [1.165, 1.54) is 19.8 Å². The molecule has 2 nitrogen and oxygen atoms in total. The van der Waals surface area contributed by atoms with Crippen LogP contribution in [0.25, 0.3) is 21.5 Å². The van der Waals surface area contributed by atoms with E-state index in [1.54, 1.807) is 22.7 Å². The molecule has 5 rings (SSSR count). The van der Waals surface area contributed by atoms with Gasteiger partial charge in [-0.25, -0.2) is 0 Å². The van der Waals surface area contributed by atoms with Crippen LogP contribution in [-0.4, -0.2) is 27.7 Å². The Morgan fingerprint density at radius 2 is 0.786 bits per heavy atom. The molecule has 0 aliphatic carbocycles. The second-order valence-corrected chi connectivity index (χ2v) is 27.8. The fourth-order valence-electron chi connectivity index (χ4n) is 5.25. The lowest BCUT2D eigenvalue weighted by molar-refractivity contribution is 0.101. The number of fused-ring (bicyclic) bond motifs is 2. The van der Waals surface area contributed by atoms with Gasteiger partial charge in [0.25, 0.3) is 0 Å². The molecule has 0 unspecified atom stereocenters. The number of hydrogen-bond donors (Lipinski definition) is 0. The molecule has 42 heavy (non-hydrogen) atoms. The molecule has 218 valence electrons. The van der Waals surface area contributed by atoms with Crippen molar-refractivity contribution in [2.45, 2.75) is 77.8 Å². The molecule has 0 spiro atoms. The van der Waals surface area contributed by atoms with Crippen molar-refractivity contribution in [3.05, 3.63) is 93.7 Å². The Kier molecular flexibility index (Phi) is 7.71. The van der Waals surface area contributed by atoms with Crippen LogP contribution in [0.15, 0.2) is 72.8 Å². The zero-order valence-electron chi connectivity index (χ0n) is 26.6. The van der Waals surface area contributed by atoms with E-state index in [9.17, 15) is 9.59 Å². The highest BCUT2D eigenvalue weighted by atomic mass is 32.1. The number of benzene rings is 3. The molecule has 6 heteroatoms. The molecule has 0 saturated heterocycles. The van der Waals surface area contributed by atoms with Crippen LogP contribution in [0.1, 0.15) is 72.0 Å². The van der Waals surface area contributed by atoms with Gasteiger partial charge in [-0.1, -0.05) is 141 Å². The molecule has 0 aliphatic rings. The highest BCUT2D eigenvalue weighted by Gasteiger charge is 2.42. The number of rotatable bonds is 6. The predicted molar refractivity (Wildman–Crippen MR) is 191 cm³/mol. The van der Waals surface area contributed by atoms with E-state index in [-0.39, 0.29) is 21.6 Å². The fourth-order valence-corrected chi connectivity index (χ4v) is 14.9. The van der Waals surface area contributed by atoms with Gasteiger partial charge in [0.2, 0.25) is 11.6 Å². The van der Waals surface area contributed by atoms with Gasteiger partial charge in [-0.2, -0.15) is 0 Å². The van der Waals surface area contributed by atoms with Gasteiger partial charge in [0.15, 0.2) is 0 Å². The Morgan fingerprint density at radius 3 is 1.10 bits per heavy atom. The quantitative estimate of drug-likeness (QED) is 0.139. The summed E-state index contributed by atoms with van der Waals surface area (Å²) in [5.41, 5.74) is 0.977. The van der Waals surface area contributed by atoms with E-state index in [1.807, 2.05) is 36.4 Å². The van der Waals surface area contributed by atoms with Gasteiger partial charge in [-0.3, -0.25) is 9.59 Å². The largest absolute Gasteiger partial charge is 0.288 e. The molecule has 0 aliphatic heterocycles. The average molecular weight is 627 g/mol. The Balaban J connectivity index is 1.67. The SMILES string of the molecule is CC(C)(C)[Si](C)(C)c1sc(C(=O)c2ccccc2C(=O)c2sc([Si](C)(C)C(C)(C)C)c3ccccc23)c2ccccc12. The number of ketones is 2. The zero-order chi connectivity index (χ0) is 30.8. The lowest BCUT2D eigenvalue weighted by Gasteiger charge is -2.36. The first-order valence-corrected chi connectivity index (χ1v) is 22.3. The third-order valence-corrected chi connectivity index (χ3v) is 26.0. The Morgan fingerprint density at radius 1 is 0.500 bits per heavy atom. The van der Waals surface area contributed by atoms with Crippen molar-refractivity contribution in [3.8, 4) is 0 Å². The number of hydrogen-bond acceptors (Lipinski definition) is 4. The lowest BCUT2D eigenvalue weighted by atomic mass is 9.96. The van der Waals surface area contributed by atoms with Crippen molar-refractivity contribution in [1.82, 2.24) is 0 Å². The Hall–Kier alpha value is -2.65. The molecular formula is C36H42O2S2Si2. The van der Waals surface area contributed by atoms with Crippen molar-refractivity contribution in [1.29, 1.82) is 0 Å². The van der Waals surface area contributed by atoms with Crippen LogP contribution in [0.2, 0.25) is 36.3 Å². The standard InChI is InChI=1S/C36H42O2S2Si2/c1-35(2,3)41(7,8)33-27-21-15-13-19-25(27)31(39-33)29(37)23-17-11-12-18-24(23)30(38)32-26-20-14-16-22-28(26)34(40-32)42(9,10)36(4,5)6/h11-22H,1-10H3. The Bertz CT molecular complexity index is 1710. The van der Waals surface area contributed by atoms with Crippen molar-refractivity contribution in [2.75, 3.05) is 0 Å². The summed E-state index contributed by atoms with van der Waals surface area (Å²) in [7, 11) is -3.83. The van der Waals surface area contributed by atoms with Crippen LogP contribution in [0, 0.1) is 0 Å². The van der Waals surface area contributed by atoms with Crippen molar-refractivity contribution in [3.63, 3.8) is 0 Å². The molecule has 0 N–H and O–H groups in total. The minimum atomic E-state index is -1.92. The van der Waals surface area contributed by atoms with Gasteiger partial charge in [0.1, 0.15) is 0 Å². The van der Waals surface area contributed by atoms with E-state index < -0.39 is 16.1 Å². The van der Waals surface area contributed by atoms with Gasteiger partial charge in [0, 0.05) is 21.9 Å². The fraction of sp³-hybridized carbons (Fsp3) is 0.333. The molecule has 5 aromatic rings. The maximum atomic E-state index is 14.5. The minimum absolute atomic E-state index is 0.0596. The monoisotopic (exact) mass is 626 g/mol. The summed E-state index contributed by atoms with van der Waals surface area (Å²) in [6.07, 6.45) is 0. The van der Waals surface area contributed by atoms with Gasteiger partial charge in [0.05, 0.1) is 25.9 Å². The molecule has 0 bridgehead atoms. The highest BCUT2D eigenvalue weighted by molar-refractivity contribution is 7.31. The summed E-state index contributed by atoms with van der Waals surface area (Å²) in [4.78, 5) is 30.4.